The maximum atomic E-state index is 12.1. The Kier molecular flexibility index (Phi) is 6.08. The lowest BCUT2D eigenvalue weighted by Crippen LogP contribution is -2.30. The van der Waals surface area contributed by atoms with Crippen molar-refractivity contribution in [3.8, 4) is 17.0 Å². The Morgan fingerprint density at radius 2 is 1.89 bits per heavy atom. The largest absolute Gasteiger partial charge is 0.497 e. The summed E-state index contributed by atoms with van der Waals surface area (Å²) in [5, 5.41) is 8.20. The van der Waals surface area contributed by atoms with E-state index in [1.807, 2.05) is 29.6 Å². The first kappa shape index (κ1) is 18.9. The van der Waals surface area contributed by atoms with Crippen molar-refractivity contribution >= 4 is 22.5 Å². The molecular weight excluding hydrogens is 358 g/mol. The number of aryl methyl sites for hydroxylation is 2. The number of carbonyl (C=O) groups is 1. The van der Waals surface area contributed by atoms with Gasteiger partial charge in [-0.1, -0.05) is 24.3 Å². The van der Waals surface area contributed by atoms with Crippen molar-refractivity contribution in [1.29, 1.82) is 0 Å². The SMILES string of the molecule is COc1ccc(CCNC(=O)Nc2nc(-c3ccc(C)c(C)c3)cs2)cc1. The predicted octanol–water partition coefficient (Wildman–Crippen LogP) is 4.80. The monoisotopic (exact) mass is 381 g/mol. The molecule has 0 saturated carbocycles. The van der Waals surface area contributed by atoms with Gasteiger partial charge in [-0.3, -0.25) is 5.32 Å². The molecule has 2 aromatic carbocycles. The minimum absolute atomic E-state index is 0.246. The van der Waals surface area contributed by atoms with Crippen LogP contribution < -0.4 is 15.4 Å². The van der Waals surface area contributed by atoms with Gasteiger partial charge >= 0.3 is 6.03 Å². The molecule has 0 bridgehead atoms. The van der Waals surface area contributed by atoms with Gasteiger partial charge in [-0.05, 0) is 55.2 Å². The molecule has 27 heavy (non-hydrogen) atoms. The second kappa shape index (κ2) is 8.68. The van der Waals surface area contributed by atoms with E-state index in [1.165, 1.54) is 22.5 Å². The summed E-state index contributed by atoms with van der Waals surface area (Å²) in [7, 11) is 1.64. The van der Waals surface area contributed by atoms with Crippen molar-refractivity contribution in [2.45, 2.75) is 20.3 Å². The molecule has 0 unspecified atom stereocenters. The third-order valence-electron chi connectivity index (χ3n) is 4.39. The minimum atomic E-state index is -0.246. The number of amides is 2. The van der Waals surface area contributed by atoms with Crippen LogP contribution in [0, 0.1) is 13.8 Å². The van der Waals surface area contributed by atoms with E-state index in [2.05, 4.69) is 47.7 Å². The van der Waals surface area contributed by atoms with Crippen molar-refractivity contribution in [3.63, 3.8) is 0 Å². The number of benzene rings is 2. The lowest BCUT2D eigenvalue weighted by Gasteiger charge is -2.06. The summed E-state index contributed by atoms with van der Waals surface area (Å²) in [6.07, 6.45) is 0.753. The van der Waals surface area contributed by atoms with Crippen molar-refractivity contribution < 1.29 is 9.53 Å². The van der Waals surface area contributed by atoms with Crippen molar-refractivity contribution in [2.24, 2.45) is 0 Å². The summed E-state index contributed by atoms with van der Waals surface area (Å²) in [6.45, 7) is 4.72. The first-order valence-corrected chi connectivity index (χ1v) is 9.64. The van der Waals surface area contributed by atoms with Gasteiger partial charge in [-0.15, -0.1) is 11.3 Å². The zero-order valence-corrected chi connectivity index (χ0v) is 16.5. The van der Waals surface area contributed by atoms with Crippen LogP contribution >= 0.6 is 11.3 Å². The maximum absolute atomic E-state index is 12.1. The van der Waals surface area contributed by atoms with Gasteiger partial charge in [-0.25, -0.2) is 9.78 Å². The molecule has 3 rings (SSSR count). The summed E-state index contributed by atoms with van der Waals surface area (Å²) in [4.78, 5) is 16.6. The first-order chi connectivity index (χ1) is 13.0. The van der Waals surface area contributed by atoms with Crippen LogP contribution in [0.5, 0.6) is 5.75 Å². The smallest absolute Gasteiger partial charge is 0.321 e. The number of thiazole rings is 1. The summed E-state index contributed by atoms with van der Waals surface area (Å²) < 4.78 is 5.14. The molecule has 0 radical (unpaired) electrons. The van der Waals surface area contributed by atoms with E-state index < -0.39 is 0 Å². The summed E-state index contributed by atoms with van der Waals surface area (Å²) in [5.41, 5.74) is 5.55. The highest BCUT2D eigenvalue weighted by Gasteiger charge is 2.08. The number of ether oxygens (including phenoxy) is 1. The highest BCUT2D eigenvalue weighted by Crippen LogP contribution is 2.26. The number of urea groups is 1. The maximum Gasteiger partial charge on any atom is 0.321 e. The standard InChI is InChI=1S/C21H23N3O2S/c1-14-4-7-17(12-15(14)2)19-13-27-21(23-19)24-20(25)22-11-10-16-5-8-18(26-3)9-6-16/h4-9,12-13H,10-11H2,1-3H3,(H2,22,23,24,25). The second-order valence-corrected chi connectivity index (χ2v) is 7.17. The van der Waals surface area contributed by atoms with E-state index in [9.17, 15) is 4.79 Å². The number of nitrogens with zero attached hydrogens (tertiary/aromatic N) is 1. The number of carbonyl (C=O) groups excluding carboxylic acids is 1. The number of anilines is 1. The number of hydrogen-bond donors (Lipinski definition) is 2. The first-order valence-electron chi connectivity index (χ1n) is 8.76. The van der Waals surface area contributed by atoms with Crippen molar-refractivity contribution in [2.75, 3.05) is 19.0 Å². The van der Waals surface area contributed by atoms with Crippen LogP contribution in [0.1, 0.15) is 16.7 Å². The molecular formula is C21H23N3O2S. The molecule has 0 aliphatic heterocycles. The predicted molar refractivity (Wildman–Crippen MR) is 111 cm³/mol. The molecule has 140 valence electrons. The molecule has 2 amide bonds. The summed E-state index contributed by atoms with van der Waals surface area (Å²) in [6, 6.07) is 13.8. The van der Waals surface area contributed by atoms with E-state index in [4.69, 9.17) is 4.74 Å². The number of methoxy groups -OCH3 is 1. The van der Waals surface area contributed by atoms with Gasteiger partial charge in [0, 0.05) is 17.5 Å². The Balaban J connectivity index is 1.50. The Labute approximate surface area is 163 Å². The van der Waals surface area contributed by atoms with Gasteiger partial charge in [0.05, 0.1) is 12.8 Å². The van der Waals surface area contributed by atoms with Crippen LogP contribution in [0.25, 0.3) is 11.3 Å². The molecule has 0 fully saturated rings. The lowest BCUT2D eigenvalue weighted by atomic mass is 10.1. The van der Waals surface area contributed by atoms with Crippen LogP contribution in [0.2, 0.25) is 0 Å². The molecule has 3 aromatic rings. The Bertz CT molecular complexity index is 919. The lowest BCUT2D eigenvalue weighted by molar-refractivity contribution is 0.252. The topological polar surface area (TPSA) is 63.2 Å². The highest BCUT2D eigenvalue weighted by atomic mass is 32.1. The number of aromatic nitrogens is 1. The molecule has 2 N–H and O–H groups in total. The van der Waals surface area contributed by atoms with Gasteiger partial charge in [0.25, 0.3) is 0 Å². The van der Waals surface area contributed by atoms with E-state index >= 15 is 0 Å². The highest BCUT2D eigenvalue weighted by molar-refractivity contribution is 7.14. The number of rotatable bonds is 6. The molecule has 6 heteroatoms. The van der Waals surface area contributed by atoms with E-state index in [0.29, 0.717) is 11.7 Å². The summed E-state index contributed by atoms with van der Waals surface area (Å²) in [5.74, 6) is 0.827. The third-order valence-corrected chi connectivity index (χ3v) is 5.14. The zero-order chi connectivity index (χ0) is 19.2. The van der Waals surface area contributed by atoms with Crippen molar-refractivity contribution in [1.82, 2.24) is 10.3 Å². The van der Waals surface area contributed by atoms with Crippen LogP contribution in [0.3, 0.4) is 0 Å². The molecule has 0 spiro atoms. The van der Waals surface area contributed by atoms with Gasteiger partial charge < -0.3 is 10.1 Å². The van der Waals surface area contributed by atoms with E-state index in [0.717, 1.165) is 29.0 Å². The normalized spacial score (nSPS) is 10.5. The minimum Gasteiger partial charge on any atom is -0.497 e. The number of nitrogens with one attached hydrogen (secondary N) is 2. The second-order valence-electron chi connectivity index (χ2n) is 6.32. The summed E-state index contributed by atoms with van der Waals surface area (Å²) >= 11 is 1.42. The molecule has 0 atom stereocenters. The molecule has 5 nitrogen and oxygen atoms in total. The third kappa shape index (κ3) is 5.08. The average molecular weight is 382 g/mol. The van der Waals surface area contributed by atoms with Gasteiger partial charge in [0.2, 0.25) is 0 Å². The average Bonchev–Trinajstić information content (AvgIpc) is 3.13. The van der Waals surface area contributed by atoms with E-state index in [1.54, 1.807) is 7.11 Å². The van der Waals surface area contributed by atoms with Crippen LogP contribution in [0.15, 0.2) is 47.8 Å². The zero-order valence-electron chi connectivity index (χ0n) is 15.7. The molecule has 0 saturated heterocycles. The van der Waals surface area contributed by atoms with Crippen LogP contribution in [0.4, 0.5) is 9.93 Å². The fraction of sp³-hybridized carbons (Fsp3) is 0.238. The number of hydrogen-bond acceptors (Lipinski definition) is 4. The van der Waals surface area contributed by atoms with Crippen LogP contribution in [-0.4, -0.2) is 24.7 Å². The van der Waals surface area contributed by atoms with Crippen LogP contribution in [-0.2, 0) is 6.42 Å². The Morgan fingerprint density at radius 1 is 1.11 bits per heavy atom. The fourth-order valence-electron chi connectivity index (χ4n) is 2.62. The Hall–Kier alpha value is -2.86. The van der Waals surface area contributed by atoms with Gasteiger partial charge in [0.15, 0.2) is 5.13 Å². The molecule has 1 heterocycles. The van der Waals surface area contributed by atoms with Gasteiger partial charge in [-0.2, -0.15) is 0 Å². The van der Waals surface area contributed by atoms with Crippen molar-refractivity contribution in [3.05, 3.63) is 64.5 Å². The fourth-order valence-corrected chi connectivity index (χ4v) is 3.33. The molecule has 1 aromatic heterocycles. The quantitative estimate of drug-likeness (QED) is 0.645. The van der Waals surface area contributed by atoms with E-state index in [-0.39, 0.29) is 6.03 Å². The molecule has 0 aliphatic rings. The van der Waals surface area contributed by atoms with Gasteiger partial charge in [0.1, 0.15) is 5.75 Å². The molecule has 0 aliphatic carbocycles. The Morgan fingerprint density at radius 3 is 2.59 bits per heavy atom.